The van der Waals surface area contributed by atoms with Gasteiger partial charge in [-0.25, -0.2) is 4.98 Å². The van der Waals surface area contributed by atoms with Gasteiger partial charge >= 0.3 is 0 Å². The smallest absolute Gasteiger partial charge is 0.106 e. The van der Waals surface area contributed by atoms with Gasteiger partial charge in [0.25, 0.3) is 0 Å². The maximum absolute atomic E-state index is 4.48. The second-order valence-corrected chi connectivity index (χ2v) is 3.47. The van der Waals surface area contributed by atoms with E-state index in [9.17, 15) is 0 Å². The summed E-state index contributed by atoms with van der Waals surface area (Å²) in [5.41, 5.74) is 3.47. The average molecular weight is 186 g/mol. The third-order valence-electron chi connectivity index (χ3n) is 2.49. The summed E-state index contributed by atoms with van der Waals surface area (Å²) >= 11 is 0. The van der Waals surface area contributed by atoms with E-state index >= 15 is 0 Å². The van der Waals surface area contributed by atoms with Gasteiger partial charge in [0, 0.05) is 7.05 Å². The fourth-order valence-corrected chi connectivity index (χ4v) is 1.63. The minimum absolute atomic E-state index is 1.05. The molecule has 0 unspecified atom stereocenters. The van der Waals surface area contributed by atoms with Crippen LogP contribution in [0.4, 0.5) is 0 Å². The molecule has 0 bridgehead atoms. The average Bonchev–Trinajstić information content (AvgIpc) is 2.43. The lowest BCUT2D eigenvalue weighted by molar-refractivity contribution is 0.886. The van der Waals surface area contributed by atoms with Gasteiger partial charge in [-0.1, -0.05) is 18.2 Å². The van der Waals surface area contributed by atoms with E-state index in [-0.39, 0.29) is 0 Å². The highest BCUT2D eigenvalue weighted by molar-refractivity contribution is 5.79. The lowest BCUT2D eigenvalue weighted by atomic mass is 10.2. The van der Waals surface area contributed by atoms with Crippen molar-refractivity contribution in [3.63, 3.8) is 0 Å². The summed E-state index contributed by atoms with van der Waals surface area (Å²) in [4.78, 5) is 4.48. The Hall–Kier alpha value is -1.57. The normalized spacial score (nSPS) is 11.6. The number of imidazole rings is 1. The van der Waals surface area contributed by atoms with Crippen LogP contribution in [0, 0.1) is 6.92 Å². The second kappa shape index (κ2) is 3.29. The van der Waals surface area contributed by atoms with Crippen molar-refractivity contribution in [2.75, 3.05) is 0 Å². The van der Waals surface area contributed by atoms with Crippen LogP contribution in [0.15, 0.2) is 24.3 Å². The number of allylic oxidation sites excluding steroid dienone is 1. The Labute approximate surface area is 83.9 Å². The zero-order valence-corrected chi connectivity index (χ0v) is 8.78. The van der Waals surface area contributed by atoms with Gasteiger partial charge in [0.1, 0.15) is 5.82 Å². The molecule has 2 rings (SSSR count). The van der Waals surface area contributed by atoms with Crippen LogP contribution in [0.5, 0.6) is 0 Å². The Morgan fingerprint density at radius 2 is 2.14 bits per heavy atom. The fraction of sp³-hybridized carbons (Fsp3) is 0.250. The van der Waals surface area contributed by atoms with E-state index in [1.54, 1.807) is 0 Å². The monoisotopic (exact) mass is 186 g/mol. The summed E-state index contributed by atoms with van der Waals surface area (Å²) in [6, 6.07) is 6.34. The number of benzene rings is 1. The van der Waals surface area contributed by atoms with Gasteiger partial charge < -0.3 is 4.57 Å². The van der Waals surface area contributed by atoms with Crippen molar-refractivity contribution in [3.8, 4) is 0 Å². The number of hydrogen-bond donors (Lipinski definition) is 0. The molecule has 1 heterocycles. The Kier molecular flexibility index (Phi) is 2.12. The predicted octanol–water partition coefficient (Wildman–Crippen LogP) is 2.91. The van der Waals surface area contributed by atoms with Gasteiger partial charge in [-0.05, 0) is 31.5 Å². The highest BCUT2D eigenvalue weighted by Gasteiger charge is 2.02. The summed E-state index contributed by atoms with van der Waals surface area (Å²) in [6.07, 6.45) is 4.13. The molecule has 0 atom stereocenters. The van der Waals surface area contributed by atoms with Crippen LogP contribution in [0.1, 0.15) is 18.3 Å². The highest BCUT2D eigenvalue weighted by Crippen LogP contribution is 2.16. The van der Waals surface area contributed by atoms with Crippen LogP contribution in [0.25, 0.3) is 17.1 Å². The van der Waals surface area contributed by atoms with Crippen LogP contribution in [0.3, 0.4) is 0 Å². The van der Waals surface area contributed by atoms with Crippen LogP contribution in [-0.2, 0) is 7.05 Å². The van der Waals surface area contributed by atoms with Crippen molar-refractivity contribution in [2.45, 2.75) is 13.8 Å². The molecule has 0 N–H and O–H groups in total. The summed E-state index contributed by atoms with van der Waals surface area (Å²) in [5.74, 6) is 1.05. The molecule has 2 aromatic rings. The van der Waals surface area contributed by atoms with Crippen LogP contribution in [0.2, 0.25) is 0 Å². The first-order valence-electron chi connectivity index (χ1n) is 4.78. The molecular weight excluding hydrogens is 172 g/mol. The maximum Gasteiger partial charge on any atom is 0.106 e. The largest absolute Gasteiger partial charge is 0.331 e. The molecule has 0 aliphatic carbocycles. The van der Waals surface area contributed by atoms with E-state index in [2.05, 4.69) is 33.8 Å². The van der Waals surface area contributed by atoms with Crippen molar-refractivity contribution < 1.29 is 0 Å². The number of rotatable bonds is 1. The van der Waals surface area contributed by atoms with E-state index in [0.29, 0.717) is 0 Å². The molecule has 2 nitrogen and oxygen atoms in total. The van der Waals surface area contributed by atoms with Gasteiger partial charge in [-0.2, -0.15) is 0 Å². The van der Waals surface area contributed by atoms with Crippen LogP contribution >= 0.6 is 0 Å². The van der Waals surface area contributed by atoms with E-state index < -0.39 is 0 Å². The number of hydrogen-bond acceptors (Lipinski definition) is 1. The quantitative estimate of drug-likeness (QED) is 0.669. The molecule has 0 saturated carbocycles. The van der Waals surface area contributed by atoms with Crippen molar-refractivity contribution in [2.24, 2.45) is 7.05 Å². The van der Waals surface area contributed by atoms with Gasteiger partial charge in [-0.15, -0.1) is 0 Å². The van der Waals surface area contributed by atoms with E-state index in [0.717, 1.165) is 11.3 Å². The molecular formula is C12H14N2. The topological polar surface area (TPSA) is 17.8 Å². The van der Waals surface area contributed by atoms with E-state index in [4.69, 9.17) is 0 Å². The van der Waals surface area contributed by atoms with Crippen LogP contribution < -0.4 is 0 Å². The summed E-state index contributed by atoms with van der Waals surface area (Å²) in [5, 5.41) is 0. The van der Waals surface area contributed by atoms with Crippen molar-refractivity contribution in [3.05, 3.63) is 35.7 Å². The molecule has 0 fully saturated rings. The molecule has 14 heavy (non-hydrogen) atoms. The van der Waals surface area contributed by atoms with Gasteiger partial charge in [-0.3, -0.25) is 0 Å². The summed E-state index contributed by atoms with van der Waals surface area (Å²) in [6.45, 7) is 4.04. The Morgan fingerprint density at radius 1 is 1.36 bits per heavy atom. The minimum Gasteiger partial charge on any atom is -0.331 e. The molecule has 1 aromatic carbocycles. The Bertz CT molecular complexity index is 492. The number of aryl methyl sites for hydroxylation is 2. The third-order valence-corrected chi connectivity index (χ3v) is 2.49. The standard InChI is InChI=1S/C12H14N2/c1-4-5-10-6-7-12-11(8-10)13-9(2)14(12)3/h4-8H,1-3H3/b5-4+. The highest BCUT2D eigenvalue weighted by atomic mass is 15.0. The van der Waals surface area contributed by atoms with Crippen molar-refractivity contribution in [1.82, 2.24) is 9.55 Å². The first-order chi connectivity index (χ1) is 6.72. The predicted molar refractivity (Wildman–Crippen MR) is 60.2 cm³/mol. The SMILES string of the molecule is C/C=C/c1ccc2c(c1)nc(C)n2C. The maximum atomic E-state index is 4.48. The first-order valence-corrected chi connectivity index (χ1v) is 4.78. The molecule has 0 aliphatic rings. The summed E-state index contributed by atoms with van der Waals surface area (Å²) < 4.78 is 2.11. The number of aromatic nitrogens is 2. The van der Waals surface area contributed by atoms with Crippen molar-refractivity contribution >= 4 is 17.1 Å². The molecule has 2 heteroatoms. The first kappa shape index (κ1) is 9.00. The van der Waals surface area contributed by atoms with Crippen molar-refractivity contribution in [1.29, 1.82) is 0 Å². The summed E-state index contributed by atoms with van der Waals surface area (Å²) in [7, 11) is 2.04. The van der Waals surface area contributed by atoms with Gasteiger partial charge in [0.15, 0.2) is 0 Å². The molecule has 0 radical (unpaired) electrons. The fourth-order valence-electron chi connectivity index (χ4n) is 1.63. The zero-order chi connectivity index (χ0) is 10.1. The minimum atomic E-state index is 1.05. The molecule has 0 spiro atoms. The molecule has 0 saturated heterocycles. The van der Waals surface area contributed by atoms with Gasteiger partial charge in [0.05, 0.1) is 11.0 Å². The van der Waals surface area contributed by atoms with Crippen LogP contribution in [-0.4, -0.2) is 9.55 Å². The Balaban J connectivity index is 2.67. The Morgan fingerprint density at radius 3 is 2.86 bits per heavy atom. The lowest BCUT2D eigenvalue weighted by Gasteiger charge is -1.96. The molecule has 72 valence electrons. The molecule has 0 aliphatic heterocycles. The second-order valence-electron chi connectivity index (χ2n) is 3.47. The molecule has 1 aromatic heterocycles. The van der Waals surface area contributed by atoms with E-state index in [1.807, 2.05) is 27.0 Å². The number of fused-ring (bicyclic) bond motifs is 1. The third kappa shape index (κ3) is 1.33. The zero-order valence-electron chi connectivity index (χ0n) is 8.78. The molecule has 0 amide bonds. The number of nitrogens with zero attached hydrogens (tertiary/aromatic N) is 2. The lowest BCUT2D eigenvalue weighted by Crippen LogP contribution is -1.89. The van der Waals surface area contributed by atoms with Gasteiger partial charge in [0.2, 0.25) is 0 Å². The van der Waals surface area contributed by atoms with E-state index in [1.165, 1.54) is 11.1 Å².